The molecule has 1 aromatic rings. The van der Waals surface area contributed by atoms with Crippen LogP contribution in [0, 0.1) is 6.92 Å². The molecule has 0 aliphatic rings. The van der Waals surface area contributed by atoms with Crippen molar-refractivity contribution in [2.75, 3.05) is 0 Å². The molecule has 0 nitrogen and oxygen atoms in total. The van der Waals surface area contributed by atoms with Gasteiger partial charge in [0.2, 0.25) is 0 Å². The van der Waals surface area contributed by atoms with Crippen molar-refractivity contribution in [2.45, 2.75) is 59.8 Å². The zero-order valence-corrected chi connectivity index (χ0v) is 11.0. The summed E-state index contributed by atoms with van der Waals surface area (Å²) in [4.78, 5) is 0. The quantitative estimate of drug-likeness (QED) is 0.626. The summed E-state index contributed by atoms with van der Waals surface area (Å²) >= 11 is 0. The van der Waals surface area contributed by atoms with Crippen LogP contribution in [-0.4, -0.2) is 0 Å². The fourth-order valence-corrected chi connectivity index (χ4v) is 1.57. The lowest BCUT2D eigenvalue weighted by Crippen LogP contribution is -1.92. The first kappa shape index (κ1) is 14.2. The molecule has 0 heteroatoms. The molecule has 0 N–H and O–H groups in total. The lowest BCUT2D eigenvalue weighted by Gasteiger charge is -2.10. The van der Waals surface area contributed by atoms with Crippen molar-refractivity contribution in [2.24, 2.45) is 0 Å². The summed E-state index contributed by atoms with van der Waals surface area (Å²) in [6.07, 6.45) is 3.96. The van der Waals surface area contributed by atoms with Crippen LogP contribution in [0.2, 0.25) is 0 Å². The van der Waals surface area contributed by atoms with Crippen molar-refractivity contribution in [1.29, 1.82) is 0 Å². The van der Waals surface area contributed by atoms with Crippen LogP contribution in [0.3, 0.4) is 0 Å². The Hall–Kier alpha value is -0.780. The van der Waals surface area contributed by atoms with E-state index in [9.17, 15) is 0 Å². The van der Waals surface area contributed by atoms with Gasteiger partial charge in [-0.3, -0.25) is 0 Å². The maximum Gasteiger partial charge on any atom is -0.0190 e. The molecule has 1 unspecified atom stereocenters. The van der Waals surface area contributed by atoms with E-state index in [-0.39, 0.29) is 0 Å². The molecular formula is C15H26. The first-order chi connectivity index (χ1) is 7.24. The Morgan fingerprint density at radius 3 is 2.07 bits per heavy atom. The van der Waals surface area contributed by atoms with Crippen molar-refractivity contribution in [3.8, 4) is 0 Å². The highest BCUT2D eigenvalue weighted by molar-refractivity contribution is 5.23. The lowest BCUT2D eigenvalue weighted by molar-refractivity contribution is 0.624. The van der Waals surface area contributed by atoms with Gasteiger partial charge in [0, 0.05) is 0 Å². The van der Waals surface area contributed by atoms with Crippen molar-refractivity contribution >= 4 is 0 Å². The summed E-state index contributed by atoms with van der Waals surface area (Å²) in [5, 5.41) is 0. The van der Waals surface area contributed by atoms with Crippen LogP contribution >= 0.6 is 0 Å². The summed E-state index contributed by atoms with van der Waals surface area (Å²) in [5.41, 5.74) is 2.84. The highest BCUT2D eigenvalue weighted by Crippen LogP contribution is 2.21. The van der Waals surface area contributed by atoms with Gasteiger partial charge in [-0.1, -0.05) is 70.4 Å². The van der Waals surface area contributed by atoms with E-state index in [2.05, 4.69) is 45.0 Å². The van der Waals surface area contributed by atoms with E-state index in [0.717, 1.165) is 5.92 Å². The van der Waals surface area contributed by atoms with Crippen molar-refractivity contribution in [1.82, 2.24) is 0 Å². The van der Waals surface area contributed by atoms with Crippen molar-refractivity contribution < 1.29 is 0 Å². The number of aryl methyl sites for hydroxylation is 1. The van der Waals surface area contributed by atoms with Gasteiger partial charge >= 0.3 is 0 Å². The molecule has 0 fully saturated rings. The van der Waals surface area contributed by atoms with E-state index in [1.165, 1.54) is 30.4 Å². The minimum absolute atomic E-state index is 0.723. The van der Waals surface area contributed by atoms with Crippen LogP contribution in [0.25, 0.3) is 0 Å². The van der Waals surface area contributed by atoms with Gasteiger partial charge in [0.05, 0.1) is 0 Å². The monoisotopic (exact) mass is 206 g/mol. The number of hydrogen-bond donors (Lipinski definition) is 0. The molecule has 0 saturated heterocycles. The molecule has 0 saturated carbocycles. The summed E-state index contributed by atoms with van der Waals surface area (Å²) in [6, 6.07) is 8.93. The van der Waals surface area contributed by atoms with E-state index >= 15 is 0 Å². The molecule has 1 rings (SSSR count). The Labute approximate surface area is 95.7 Å². The third-order valence-electron chi connectivity index (χ3n) is 2.64. The first-order valence-corrected chi connectivity index (χ1v) is 6.30. The van der Waals surface area contributed by atoms with Crippen LogP contribution in [0.4, 0.5) is 0 Å². The van der Waals surface area contributed by atoms with Gasteiger partial charge in [-0.15, -0.1) is 0 Å². The largest absolute Gasteiger partial charge is 0.0683 e. The average molecular weight is 206 g/mol. The second-order valence-electron chi connectivity index (χ2n) is 3.95. The Morgan fingerprint density at radius 2 is 1.60 bits per heavy atom. The Morgan fingerprint density at radius 1 is 1.07 bits per heavy atom. The molecule has 1 aromatic carbocycles. The predicted octanol–water partition coefficient (Wildman–Crippen LogP) is 5.31. The number of unbranched alkanes of at least 4 members (excludes halogenated alkanes) is 1. The van der Waals surface area contributed by atoms with Crippen LogP contribution in [0.15, 0.2) is 24.3 Å². The molecule has 0 amide bonds. The summed E-state index contributed by atoms with van der Waals surface area (Å²) < 4.78 is 0. The van der Waals surface area contributed by atoms with Gasteiger partial charge in [0.15, 0.2) is 0 Å². The minimum atomic E-state index is 0.723. The van der Waals surface area contributed by atoms with Crippen molar-refractivity contribution in [3.63, 3.8) is 0 Å². The maximum atomic E-state index is 2.32. The fraction of sp³-hybridized carbons (Fsp3) is 0.600. The van der Waals surface area contributed by atoms with Gasteiger partial charge in [0.1, 0.15) is 0 Å². The summed E-state index contributed by atoms with van der Waals surface area (Å²) in [5.74, 6) is 0.723. The third-order valence-corrected chi connectivity index (χ3v) is 2.64. The van der Waals surface area contributed by atoms with E-state index in [1.807, 2.05) is 13.8 Å². The predicted molar refractivity (Wildman–Crippen MR) is 70.5 cm³/mol. The van der Waals surface area contributed by atoms with Gasteiger partial charge in [0.25, 0.3) is 0 Å². The number of rotatable bonds is 4. The number of hydrogen-bond acceptors (Lipinski definition) is 0. The Bertz CT molecular complexity index is 233. The summed E-state index contributed by atoms with van der Waals surface area (Å²) in [7, 11) is 0. The molecule has 0 spiro atoms. The van der Waals surface area contributed by atoms with Crippen LogP contribution in [0.5, 0.6) is 0 Å². The molecule has 15 heavy (non-hydrogen) atoms. The topological polar surface area (TPSA) is 0 Å². The molecule has 0 radical (unpaired) electrons. The highest BCUT2D eigenvalue weighted by Gasteiger charge is 2.03. The number of benzene rings is 1. The molecule has 1 atom stereocenters. The van der Waals surface area contributed by atoms with Gasteiger partial charge < -0.3 is 0 Å². The SMILES string of the molecule is CC.CCCCC(C)c1ccc(C)cc1. The summed E-state index contributed by atoms with van der Waals surface area (Å²) in [6.45, 7) is 10.7. The van der Waals surface area contributed by atoms with Crippen LogP contribution in [-0.2, 0) is 0 Å². The molecule has 0 aromatic heterocycles. The normalized spacial score (nSPS) is 11.5. The molecule has 0 bridgehead atoms. The zero-order valence-electron chi connectivity index (χ0n) is 11.0. The second kappa shape index (κ2) is 8.52. The molecular weight excluding hydrogens is 180 g/mol. The molecule has 0 aliphatic heterocycles. The maximum absolute atomic E-state index is 2.32. The smallest absolute Gasteiger partial charge is 0.0190 e. The van der Waals surface area contributed by atoms with E-state index in [0.29, 0.717) is 0 Å². The molecule has 0 aliphatic carbocycles. The van der Waals surface area contributed by atoms with Gasteiger partial charge in [-0.2, -0.15) is 0 Å². The third kappa shape index (κ3) is 5.61. The van der Waals surface area contributed by atoms with Gasteiger partial charge in [-0.05, 0) is 24.8 Å². The standard InChI is InChI=1S/C13H20.C2H6/c1-4-5-6-12(3)13-9-7-11(2)8-10-13;1-2/h7-10,12H,4-6H2,1-3H3;1-2H3. The highest BCUT2D eigenvalue weighted by atomic mass is 14.1. The molecule has 0 heterocycles. The van der Waals surface area contributed by atoms with Crippen molar-refractivity contribution in [3.05, 3.63) is 35.4 Å². The minimum Gasteiger partial charge on any atom is -0.0683 e. The Kier molecular flexibility index (Phi) is 8.08. The van der Waals surface area contributed by atoms with Gasteiger partial charge in [-0.25, -0.2) is 0 Å². The molecule has 86 valence electrons. The van der Waals surface area contributed by atoms with E-state index in [1.54, 1.807) is 0 Å². The first-order valence-electron chi connectivity index (χ1n) is 6.30. The Balaban J connectivity index is 0.000000921. The van der Waals surface area contributed by atoms with Crippen LogP contribution in [0.1, 0.15) is 64.0 Å². The lowest BCUT2D eigenvalue weighted by atomic mass is 9.95. The zero-order chi connectivity index (χ0) is 11.7. The van der Waals surface area contributed by atoms with E-state index in [4.69, 9.17) is 0 Å². The van der Waals surface area contributed by atoms with E-state index < -0.39 is 0 Å². The average Bonchev–Trinajstić information content (AvgIpc) is 2.29. The second-order valence-corrected chi connectivity index (χ2v) is 3.95. The fourth-order valence-electron chi connectivity index (χ4n) is 1.57. The van der Waals surface area contributed by atoms with Crippen LogP contribution < -0.4 is 0 Å².